The lowest BCUT2D eigenvalue weighted by Gasteiger charge is -2.31. The van der Waals surface area contributed by atoms with Crippen molar-refractivity contribution < 1.29 is 9.59 Å². The van der Waals surface area contributed by atoms with Crippen LogP contribution in [0.4, 0.5) is 0 Å². The third kappa shape index (κ3) is 5.60. The van der Waals surface area contributed by atoms with Gasteiger partial charge in [0.25, 0.3) is 0 Å². The molecule has 0 saturated carbocycles. The predicted octanol–water partition coefficient (Wildman–Crippen LogP) is 5.25. The van der Waals surface area contributed by atoms with Crippen LogP contribution in [0, 0.1) is 12.8 Å². The van der Waals surface area contributed by atoms with E-state index in [-0.39, 0.29) is 17.6 Å². The molecule has 142 valence electrons. The molecule has 3 rings (SSSR count). The average Bonchev–Trinajstić information content (AvgIpc) is 2.69. The second-order valence-corrected chi connectivity index (χ2v) is 8.54. The van der Waals surface area contributed by atoms with Crippen LogP contribution < -0.4 is 0 Å². The molecule has 27 heavy (non-hydrogen) atoms. The lowest BCUT2D eigenvalue weighted by Crippen LogP contribution is -2.40. The number of nitrogens with zero attached hydrogens (tertiary/aromatic N) is 1. The summed E-state index contributed by atoms with van der Waals surface area (Å²) >= 11 is 7.55. The molecular formula is C22H24ClNO2S. The van der Waals surface area contributed by atoms with Gasteiger partial charge in [0.2, 0.25) is 5.91 Å². The molecule has 0 aromatic heterocycles. The van der Waals surface area contributed by atoms with E-state index >= 15 is 0 Å². The molecule has 2 aromatic rings. The van der Waals surface area contributed by atoms with Gasteiger partial charge in [-0.05, 0) is 44.0 Å². The number of hydrogen-bond donors (Lipinski definition) is 0. The van der Waals surface area contributed by atoms with Crippen molar-refractivity contribution in [3.63, 3.8) is 0 Å². The van der Waals surface area contributed by atoms with Crippen LogP contribution in [0.25, 0.3) is 0 Å². The minimum absolute atomic E-state index is 0.0280. The molecule has 1 aliphatic rings. The number of halogens is 1. The van der Waals surface area contributed by atoms with Crippen molar-refractivity contribution in [2.75, 3.05) is 18.8 Å². The van der Waals surface area contributed by atoms with E-state index in [0.29, 0.717) is 19.5 Å². The Morgan fingerprint density at radius 3 is 2.30 bits per heavy atom. The summed E-state index contributed by atoms with van der Waals surface area (Å²) in [6, 6.07) is 15.4. The molecule has 1 amide bonds. The fraction of sp³-hybridized carbons (Fsp3) is 0.364. The van der Waals surface area contributed by atoms with Gasteiger partial charge in [-0.2, -0.15) is 0 Å². The number of likely N-dealkylation sites (tertiary alicyclic amines) is 1. The summed E-state index contributed by atoms with van der Waals surface area (Å²) in [6.45, 7) is 3.36. The fourth-order valence-corrected chi connectivity index (χ4v) is 4.26. The molecular weight excluding hydrogens is 378 g/mol. The smallest absolute Gasteiger partial charge is 0.223 e. The lowest BCUT2D eigenvalue weighted by atomic mass is 9.88. The molecule has 0 N–H and O–H groups in total. The Morgan fingerprint density at radius 2 is 1.67 bits per heavy atom. The van der Waals surface area contributed by atoms with Gasteiger partial charge in [-0.15, -0.1) is 11.8 Å². The summed E-state index contributed by atoms with van der Waals surface area (Å²) < 4.78 is 0. The molecule has 3 nitrogen and oxygen atoms in total. The number of ketones is 1. The van der Waals surface area contributed by atoms with Crippen molar-refractivity contribution in [2.45, 2.75) is 31.1 Å². The van der Waals surface area contributed by atoms with Gasteiger partial charge < -0.3 is 4.90 Å². The lowest BCUT2D eigenvalue weighted by molar-refractivity contribution is -0.131. The quantitative estimate of drug-likeness (QED) is 0.490. The first kappa shape index (κ1) is 20.0. The van der Waals surface area contributed by atoms with Crippen molar-refractivity contribution in [3.05, 3.63) is 64.7 Å². The van der Waals surface area contributed by atoms with Crippen LogP contribution in [0.1, 0.15) is 35.2 Å². The minimum atomic E-state index is 0.0280. The highest BCUT2D eigenvalue weighted by Crippen LogP contribution is 2.24. The molecule has 0 aliphatic carbocycles. The number of piperidine rings is 1. The molecule has 1 aliphatic heterocycles. The van der Waals surface area contributed by atoms with Gasteiger partial charge in [-0.1, -0.05) is 41.4 Å². The van der Waals surface area contributed by atoms with Crippen molar-refractivity contribution in [1.82, 2.24) is 4.90 Å². The molecule has 0 spiro atoms. The Hall–Kier alpha value is -1.78. The molecule has 1 fully saturated rings. The third-order valence-corrected chi connectivity index (χ3v) is 6.22. The number of rotatable bonds is 6. The topological polar surface area (TPSA) is 37.4 Å². The van der Waals surface area contributed by atoms with Gasteiger partial charge in [0.1, 0.15) is 0 Å². The Bertz CT molecular complexity index is 781. The predicted molar refractivity (Wildman–Crippen MR) is 112 cm³/mol. The summed E-state index contributed by atoms with van der Waals surface area (Å²) in [5.41, 5.74) is 1.94. The zero-order valence-corrected chi connectivity index (χ0v) is 17.1. The van der Waals surface area contributed by atoms with Gasteiger partial charge in [0, 0.05) is 46.7 Å². The maximum Gasteiger partial charge on any atom is 0.223 e. The van der Waals surface area contributed by atoms with Crippen LogP contribution in [-0.2, 0) is 4.79 Å². The van der Waals surface area contributed by atoms with E-state index in [4.69, 9.17) is 11.6 Å². The SMILES string of the molecule is Cc1ccc(C(=O)C2CCN(C(=O)CCSc3ccc(Cl)cc3)CC2)cc1. The van der Waals surface area contributed by atoms with Crippen LogP contribution in [-0.4, -0.2) is 35.4 Å². The van der Waals surface area contributed by atoms with Gasteiger partial charge in [-0.25, -0.2) is 0 Å². The Morgan fingerprint density at radius 1 is 1.04 bits per heavy atom. The van der Waals surface area contributed by atoms with Gasteiger partial charge in [0.05, 0.1) is 0 Å². The van der Waals surface area contributed by atoms with Crippen molar-refractivity contribution in [2.24, 2.45) is 5.92 Å². The number of aryl methyl sites for hydroxylation is 1. The van der Waals surface area contributed by atoms with Crippen LogP contribution in [0.15, 0.2) is 53.4 Å². The molecule has 1 saturated heterocycles. The standard InChI is InChI=1S/C22H24ClNO2S/c1-16-2-4-17(5-3-16)22(26)18-10-13-24(14-11-18)21(25)12-15-27-20-8-6-19(23)7-9-20/h2-9,18H,10-15H2,1H3. The van der Waals surface area contributed by atoms with Gasteiger partial charge in [0.15, 0.2) is 5.78 Å². The molecule has 5 heteroatoms. The van der Waals surface area contributed by atoms with Gasteiger partial charge in [-0.3, -0.25) is 9.59 Å². The van der Waals surface area contributed by atoms with E-state index in [1.807, 2.05) is 60.4 Å². The van der Waals surface area contributed by atoms with E-state index in [1.165, 1.54) is 0 Å². The number of hydrogen-bond acceptors (Lipinski definition) is 3. The summed E-state index contributed by atoms with van der Waals surface area (Å²) in [5.74, 6) is 1.17. The highest BCUT2D eigenvalue weighted by molar-refractivity contribution is 7.99. The van der Waals surface area contributed by atoms with E-state index in [9.17, 15) is 9.59 Å². The summed E-state index contributed by atoms with van der Waals surface area (Å²) in [7, 11) is 0. The number of Topliss-reactive ketones (excluding diaryl/α,β-unsaturated/α-hetero) is 1. The second-order valence-electron chi connectivity index (χ2n) is 6.94. The summed E-state index contributed by atoms with van der Waals surface area (Å²) in [5, 5.41) is 0.721. The van der Waals surface area contributed by atoms with E-state index in [1.54, 1.807) is 11.8 Å². The molecule has 0 bridgehead atoms. The zero-order chi connectivity index (χ0) is 19.2. The molecule has 0 unspecified atom stereocenters. The minimum Gasteiger partial charge on any atom is -0.343 e. The largest absolute Gasteiger partial charge is 0.343 e. The Balaban J connectivity index is 1.42. The molecule has 2 aromatic carbocycles. The monoisotopic (exact) mass is 401 g/mol. The number of thioether (sulfide) groups is 1. The summed E-state index contributed by atoms with van der Waals surface area (Å²) in [4.78, 5) is 28.1. The van der Waals surface area contributed by atoms with Gasteiger partial charge >= 0.3 is 0 Å². The highest BCUT2D eigenvalue weighted by atomic mass is 35.5. The van der Waals surface area contributed by atoms with Crippen molar-refractivity contribution >= 4 is 35.1 Å². The number of benzene rings is 2. The first-order chi connectivity index (χ1) is 13.0. The second kappa shape index (κ2) is 9.43. The first-order valence-corrected chi connectivity index (χ1v) is 10.7. The Kier molecular flexibility index (Phi) is 6.97. The Labute approximate surface area is 170 Å². The van der Waals surface area contributed by atoms with E-state index < -0.39 is 0 Å². The van der Waals surface area contributed by atoms with E-state index in [0.717, 1.165) is 39.6 Å². The highest BCUT2D eigenvalue weighted by Gasteiger charge is 2.27. The summed E-state index contributed by atoms with van der Waals surface area (Å²) in [6.07, 6.45) is 2.02. The maximum absolute atomic E-state index is 12.6. The van der Waals surface area contributed by atoms with E-state index in [2.05, 4.69) is 0 Å². The van der Waals surface area contributed by atoms with Crippen molar-refractivity contribution in [1.29, 1.82) is 0 Å². The maximum atomic E-state index is 12.6. The number of carbonyl (C=O) groups excluding carboxylic acids is 2. The third-order valence-electron chi connectivity index (χ3n) is 4.95. The van der Waals surface area contributed by atoms with Crippen LogP contribution in [0.3, 0.4) is 0 Å². The van der Waals surface area contributed by atoms with Crippen LogP contribution in [0.5, 0.6) is 0 Å². The normalized spacial score (nSPS) is 15.0. The molecule has 0 atom stereocenters. The fourth-order valence-electron chi connectivity index (χ4n) is 3.29. The van der Waals surface area contributed by atoms with Crippen LogP contribution >= 0.6 is 23.4 Å². The first-order valence-electron chi connectivity index (χ1n) is 9.30. The number of amides is 1. The average molecular weight is 402 g/mol. The zero-order valence-electron chi connectivity index (χ0n) is 15.5. The van der Waals surface area contributed by atoms with Crippen molar-refractivity contribution in [3.8, 4) is 0 Å². The molecule has 1 heterocycles. The van der Waals surface area contributed by atoms with Crippen LogP contribution in [0.2, 0.25) is 5.02 Å². The number of carbonyl (C=O) groups is 2. The molecule has 0 radical (unpaired) electrons.